The van der Waals surface area contributed by atoms with E-state index in [1.807, 2.05) is 11.3 Å². The fraction of sp³-hybridized carbons (Fsp3) is 0.412. The van der Waals surface area contributed by atoms with E-state index >= 15 is 0 Å². The van der Waals surface area contributed by atoms with Crippen LogP contribution in [-0.4, -0.2) is 18.0 Å². The van der Waals surface area contributed by atoms with Crippen LogP contribution in [0.25, 0.3) is 0 Å². The molecule has 0 spiro atoms. The van der Waals surface area contributed by atoms with Crippen LogP contribution < -0.4 is 5.32 Å². The van der Waals surface area contributed by atoms with E-state index < -0.39 is 0 Å². The minimum atomic E-state index is 0.372. The zero-order valence-corrected chi connectivity index (χ0v) is 12.8. The van der Waals surface area contributed by atoms with Gasteiger partial charge in [-0.15, -0.1) is 11.3 Å². The zero-order chi connectivity index (χ0) is 13.8. The average Bonchev–Trinajstić information content (AvgIpc) is 3.12. The van der Waals surface area contributed by atoms with Gasteiger partial charge < -0.3 is 5.32 Å². The molecule has 3 rings (SSSR count). The van der Waals surface area contributed by atoms with Crippen LogP contribution in [0.3, 0.4) is 0 Å². The molecule has 2 heterocycles. The Labute approximate surface area is 125 Å². The van der Waals surface area contributed by atoms with Crippen LogP contribution in [0.4, 0.5) is 5.69 Å². The Morgan fingerprint density at radius 3 is 2.80 bits per heavy atom. The number of hydrogen-bond acceptors (Lipinski definition) is 3. The molecule has 2 nitrogen and oxygen atoms in total. The fourth-order valence-electron chi connectivity index (χ4n) is 2.82. The third kappa shape index (κ3) is 3.41. The van der Waals surface area contributed by atoms with Crippen molar-refractivity contribution in [3.8, 4) is 0 Å². The van der Waals surface area contributed by atoms with Gasteiger partial charge in [0.15, 0.2) is 0 Å². The largest absolute Gasteiger partial charge is 0.378 e. The highest BCUT2D eigenvalue weighted by Gasteiger charge is 2.12. The summed E-state index contributed by atoms with van der Waals surface area (Å²) in [5.74, 6) is 0. The van der Waals surface area contributed by atoms with E-state index in [9.17, 15) is 0 Å². The Morgan fingerprint density at radius 1 is 1.20 bits per heavy atom. The lowest BCUT2D eigenvalue weighted by Crippen LogP contribution is -2.18. The van der Waals surface area contributed by atoms with Crippen LogP contribution in [0, 0.1) is 0 Å². The van der Waals surface area contributed by atoms with Crippen molar-refractivity contribution in [2.24, 2.45) is 0 Å². The molecule has 0 bridgehead atoms. The molecule has 1 N–H and O–H groups in total. The minimum Gasteiger partial charge on any atom is -0.378 e. The van der Waals surface area contributed by atoms with Crippen molar-refractivity contribution in [3.63, 3.8) is 0 Å². The molecule has 1 fully saturated rings. The van der Waals surface area contributed by atoms with E-state index in [2.05, 4.69) is 58.9 Å². The van der Waals surface area contributed by atoms with Gasteiger partial charge >= 0.3 is 0 Å². The van der Waals surface area contributed by atoms with Gasteiger partial charge in [-0.25, -0.2) is 0 Å². The summed E-state index contributed by atoms with van der Waals surface area (Å²) in [5.41, 5.74) is 2.64. The van der Waals surface area contributed by atoms with E-state index in [1.165, 1.54) is 42.1 Å². The molecule has 20 heavy (non-hydrogen) atoms. The molecular weight excluding hydrogens is 264 g/mol. The topological polar surface area (TPSA) is 15.3 Å². The zero-order valence-electron chi connectivity index (χ0n) is 12.0. The maximum Gasteiger partial charge on any atom is 0.0578 e. The first-order valence-electron chi connectivity index (χ1n) is 7.42. The number of nitrogens with one attached hydrogen (secondary N) is 1. The second-order valence-electron chi connectivity index (χ2n) is 5.57. The van der Waals surface area contributed by atoms with Crippen molar-refractivity contribution < 1.29 is 0 Å². The van der Waals surface area contributed by atoms with Gasteiger partial charge in [0, 0.05) is 17.1 Å². The number of likely N-dealkylation sites (tertiary alicyclic amines) is 1. The second-order valence-corrected chi connectivity index (χ2v) is 6.54. The lowest BCUT2D eigenvalue weighted by atomic mass is 10.1. The third-order valence-electron chi connectivity index (χ3n) is 3.88. The van der Waals surface area contributed by atoms with Crippen LogP contribution in [0.15, 0.2) is 41.8 Å². The molecule has 1 unspecified atom stereocenters. The van der Waals surface area contributed by atoms with Crippen molar-refractivity contribution in [1.82, 2.24) is 4.90 Å². The third-order valence-corrected chi connectivity index (χ3v) is 4.94. The van der Waals surface area contributed by atoms with Crippen molar-refractivity contribution in [2.45, 2.75) is 32.4 Å². The van der Waals surface area contributed by atoms with Gasteiger partial charge in [-0.3, -0.25) is 4.90 Å². The minimum absolute atomic E-state index is 0.372. The molecule has 0 amide bonds. The van der Waals surface area contributed by atoms with Gasteiger partial charge in [0.1, 0.15) is 0 Å². The molecule has 1 aromatic heterocycles. The summed E-state index contributed by atoms with van der Waals surface area (Å²) in [6, 6.07) is 13.5. The molecule has 3 heteroatoms. The molecule has 1 aliphatic rings. The fourth-order valence-corrected chi connectivity index (χ4v) is 3.55. The molecule has 2 aromatic rings. The maximum absolute atomic E-state index is 3.60. The molecule has 106 valence electrons. The second kappa shape index (κ2) is 6.42. The van der Waals surface area contributed by atoms with Crippen molar-refractivity contribution in [3.05, 3.63) is 52.2 Å². The molecule has 0 radical (unpaired) electrons. The summed E-state index contributed by atoms with van der Waals surface area (Å²) < 4.78 is 0. The Kier molecular flexibility index (Phi) is 4.38. The highest BCUT2D eigenvalue weighted by molar-refractivity contribution is 7.10. The van der Waals surface area contributed by atoms with E-state index in [4.69, 9.17) is 0 Å². The van der Waals surface area contributed by atoms with Crippen molar-refractivity contribution in [2.75, 3.05) is 18.4 Å². The molecule has 0 aliphatic carbocycles. The van der Waals surface area contributed by atoms with Crippen LogP contribution in [-0.2, 0) is 6.54 Å². The Morgan fingerprint density at radius 2 is 2.05 bits per heavy atom. The molecule has 1 aliphatic heterocycles. The SMILES string of the molecule is CC(Nc1cccc(CN2CCCC2)c1)c1cccs1. The number of nitrogens with zero attached hydrogens (tertiary/aromatic N) is 1. The van der Waals surface area contributed by atoms with Crippen LogP contribution in [0.5, 0.6) is 0 Å². The van der Waals surface area contributed by atoms with E-state index in [0.717, 1.165) is 6.54 Å². The first-order valence-corrected chi connectivity index (χ1v) is 8.30. The van der Waals surface area contributed by atoms with Crippen LogP contribution in [0.1, 0.15) is 36.2 Å². The predicted molar refractivity (Wildman–Crippen MR) is 87.3 cm³/mol. The summed E-state index contributed by atoms with van der Waals surface area (Å²) in [7, 11) is 0. The summed E-state index contributed by atoms with van der Waals surface area (Å²) in [5, 5.41) is 5.74. The van der Waals surface area contributed by atoms with Gasteiger partial charge in [-0.2, -0.15) is 0 Å². The summed E-state index contributed by atoms with van der Waals surface area (Å²) in [4.78, 5) is 3.93. The quantitative estimate of drug-likeness (QED) is 0.869. The maximum atomic E-state index is 3.60. The lowest BCUT2D eigenvalue weighted by Gasteiger charge is -2.17. The Balaban J connectivity index is 1.64. The van der Waals surface area contributed by atoms with Gasteiger partial charge in [-0.05, 0) is 62.0 Å². The number of thiophene rings is 1. The van der Waals surface area contributed by atoms with Gasteiger partial charge in [-0.1, -0.05) is 18.2 Å². The monoisotopic (exact) mass is 286 g/mol. The summed E-state index contributed by atoms with van der Waals surface area (Å²) in [6.07, 6.45) is 2.71. The van der Waals surface area contributed by atoms with Gasteiger partial charge in [0.25, 0.3) is 0 Å². The molecule has 1 aromatic carbocycles. The lowest BCUT2D eigenvalue weighted by molar-refractivity contribution is 0.331. The smallest absolute Gasteiger partial charge is 0.0578 e. The normalized spacial score (nSPS) is 17.2. The number of anilines is 1. The standard InChI is InChI=1S/C17H22N2S/c1-14(17-8-5-11-20-17)18-16-7-4-6-15(12-16)13-19-9-2-3-10-19/h4-8,11-12,14,18H,2-3,9-10,13H2,1H3. The van der Waals surface area contributed by atoms with Crippen molar-refractivity contribution >= 4 is 17.0 Å². The van der Waals surface area contributed by atoms with E-state index in [1.54, 1.807) is 0 Å². The summed E-state index contributed by atoms with van der Waals surface area (Å²) >= 11 is 1.81. The Hall–Kier alpha value is -1.32. The Bertz CT molecular complexity index is 530. The molecule has 1 saturated heterocycles. The van der Waals surface area contributed by atoms with Gasteiger partial charge in [0.05, 0.1) is 6.04 Å². The predicted octanol–water partition coefficient (Wildman–Crippen LogP) is 4.52. The van der Waals surface area contributed by atoms with E-state index in [-0.39, 0.29) is 0 Å². The highest BCUT2D eigenvalue weighted by atomic mass is 32.1. The van der Waals surface area contributed by atoms with Crippen molar-refractivity contribution in [1.29, 1.82) is 0 Å². The molecule has 0 saturated carbocycles. The first kappa shape index (κ1) is 13.7. The highest BCUT2D eigenvalue weighted by Crippen LogP contribution is 2.24. The number of rotatable bonds is 5. The van der Waals surface area contributed by atoms with Gasteiger partial charge in [0.2, 0.25) is 0 Å². The van der Waals surface area contributed by atoms with Crippen LogP contribution in [0.2, 0.25) is 0 Å². The number of benzene rings is 1. The molecule has 1 atom stereocenters. The number of hydrogen-bond donors (Lipinski definition) is 1. The average molecular weight is 286 g/mol. The van der Waals surface area contributed by atoms with E-state index in [0.29, 0.717) is 6.04 Å². The molecular formula is C17H22N2S. The van der Waals surface area contributed by atoms with Crippen LogP contribution >= 0.6 is 11.3 Å². The summed E-state index contributed by atoms with van der Waals surface area (Å²) in [6.45, 7) is 5.81. The first-order chi connectivity index (χ1) is 9.81.